The van der Waals surface area contributed by atoms with E-state index < -0.39 is 11.7 Å². The molecule has 1 aromatic heterocycles. The number of anilines is 1. The van der Waals surface area contributed by atoms with Crippen molar-refractivity contribution in [2.24, 2.45) is 0 Å². The molecule has 0 saturated heterocycles. The van der Waals surface area contributed by atoms with Crippen LogP contribution in [0.3, 0.4) is 0 Å². The van der Waals surface area contributed by atoms with Crippen molar-refractivity contribution in [2.45, 2.75) is 0 Å². The zero-order chi connectivity index (χ0) is 16.2. The van der Waals surface area contributed by atoms with Gasteiger partial charge in [0.15, 0.2) is 0 Å². The van der Waals surface area contributed by atoms with Crippen LogP contribution in [0, 0.1) is 5.82 Å². The van der Waals surface area contributed by atoms with Gasteiger partial charge in [0.05, 0.1) is 18.4 Å². The second-order valence-electron chi connectivity index (χ2n) is 4.60. The van der Waals surface area contributed by atoms with Crippen LogP contribution in [0.5, 0.6) is 5.75 Å². The maximum atomic E-state index is 13.5. The molecule has 7 nitrogen and oxygen atoms in total. The van der Waals surface area contributed by atoms with Crippen LogP contribution >= 0.6 is 0 Å². The van der Waals surface area contributed by atoms with Gasteiger partial charge < -0.3 is 10.1 Å². The number of hydrogen-bond acceptors (Lipinski definition) is 5. The Morgan fingerprint density at radius 1 is 1.26 bits per heavy atom. The lowest BCUT2D eigenvalue weighted by molar-refractivity contribution is 0.102. The summed E-state index contributed by atoms with van der Waals surface area (Å²) in [6, 6.07) is 10.7. The van der Waals surface area contributed by atoms with Crippen molar-refractivity contribution in [3.05, 3.63) is 60.2 Å². The summed E-state index contributed by atoms with van der Waals surface area (Å²) >= 11 is 0. The zero-order valence-corrected chi connectivity index (χ0v) is 12.1. The lowest BCUT2D eigenvalue weighted by Gasteiger charge is -2.10. The van der Waals surface area contributed by atoms with E-state index in [0.717, 1.165) is 0 Å². The van der Waals surface area contributed by atoms with Crippen molar-refractivity contribution in [2.75, 3.05) is 12.4 Å². The highest BCUT2D eigenvalue weighted by Crippen LogP contribution is 2.20. The number of amides is 1. The molecule has 0 aliphatic heterocycles. The summed E-state index contributed by atoms with van der Waals surface area (Å²) in [6.07, 6.45) is 1.29. The molecular weight excluding hydrogens is 301 g/mol. The van der Waals surface area contributed by atoms with Crippen molar-refractivity contribution in [3.63, 3.8) is 0 Å². The van der Waals surface area contributed by atoms with Crippen molar-refractivity contribution in [1.82, 2.24) is 20.2 Å². The first-order valence-corrected chi connectivity index (χ1v) is 6.65. The molecule has 3 aromatic rings. The molecule has 8 heteroatoms. The van der Waals surface area contributed by atoms with Crippen LogP contribution < -0.4 is 10.1 Å². The minimum absolute atomic E-state index is 0.238. The highest BCUT2D eigenvalue weighted by molar-refractivity contribution is 6.06. The average Bonchev–Trinajstić information content (AvgIpc) is 3.09. The molecule has 1 heterocycles. The van der Waals surface area contributed by atoms with Gasteiger partial charge in [0, 0.05) is 17.8 Å². The summed E-state index contributed by atoms with van der Waals surface area (Å²) in [5.74, 6) is -0.292. The number of nitrogens with one attached hydrogen (secondary N) is 1. The van der Waals surface area contributed by atoms with E-state index in [1.54, 1.807) is 24.3 Å². The van der Waals surface area contributed by atoms with E-state index in [-0.39, 0.29) is 11.3 Å². The molecule has 0 aliphatic carbocycles. The van der Waals surface area contributed by atoms with Gasteiger partial charge in [0.2, 0.25) is 0 Å². The molecule has 3 rings (SSSR count). The minimum Gasteiger partial charge on any atom is -0.497 e. The summed E-state index contributed by atoms with van der Waals surface area (Å²) in [4.78, 5) is 12.5. The minimum atomic E-state index is -0.492. The fourth-order valence-electron chi connectivity index (χ4n) is 2.06. The number of halogens is 1. The number of aromatic nitrogens is 4. The van der Waals surface area contributed by atoms with Gasteiger partial charge in [-0.2, -0.15) is 4.68 Å². The first-order chi connectivity index (χ1) is 11.2. The number of ether oxygens (including phenoxy) is 1. The van der Waals surface area contributed by atoms with E-state index in [4.69, 9.17) is 4.74 Å². The van der Waals surface area contributed by atoms with Crippen molar-refractivity contribution < 1.29 is 13.9 Å². The molecule has 116 valence electrons. The average molecular weight is 313 g/mol. The molecule has 0 saturated carbocycles. The second-order valence-corrected chi connectivity index (χ2v) is 4.60. The molecule has 2 aromatic carbocycles. The van der Waals surface area contributed by atoms with Crippen LogP contribution in [0.25, 0.3) is 5.69 Å². The normalized spacial score (nSPS) is 10.3. The predicted molar refractivity (Wildman–Crippen MR) is 80.1 cm³/mol. The summed E-state index contributed by atoms with van der Waals surface area (Å²) in [7, 11) is 1.54. The number of tetrazole rings is 1. The Bertz CT molecular complexity index is 836. The van der Waals surface area contributed by atoms with E-state index in [2.05, 4.69) is 20.8 Å². The Morgan fingerprint density at radius 2 is 2.13 bits per heavy atom. The SMILES string of the molecule is COc1cccc(NC(=O)c2ccc(F)cc2-n2cnnn2)c1. The third-order valence-corrected chi connectivity index (χ3v) is 3.13. The maximum Gasteiger partial charge on any atom is 0.257 e. The predicted octanol–water partition coefficient (Wildman–Crippen LogP) is 2.06. The number of hydrogen-bond donors (Lipinski definition) is 1. The molecule has 0 radical (unpaired) electrons. The van der Waals surface area contributed by atoms with Gasteiger partial charge >= 0.3 is 0 Å². The molecular formula is C15H12FN5O2. The standard InChI is InChI=1S/C15H12FN5O2/c1-23-12-4-2-3-11(8-12)18-15(22)13-6-5-10(16)7-14(13)21-9-17-19-20-21/h2-9H,1H3,(H,18,22). The number of benzene rings is 2. The van der Waals surface area contributed by atoms with Gasteiger partial charge in [-0.1, -0.05) is 6.07 Å². The van der Waals surface area contributed by atoms with Gasteiger partial charge in [0.1, 0.15) is 17.9 Å². The van der Waals surface area contributed by atoms with Crippen molar-refractivity contribution in [1.29, 1.82) is 0 Å². The van der Waals surface area contributed by atoms with E-state index in [1.165, 1.54) is 36.3 Å². The van der Waals surface area contributed by atoms with Crippen LogP contribution in [-0.4, -0.2) is 33.2 Å². The molecule has 0 unspecified atom stereocenters. The fraction of sp³-hybridized carbons (Fsp3) is 0.0667. The molecule has 0 aliphatic rings. The second kappa shape index (κ2) is 6.22. The van der Waals surface area contributed by atoms with Crippen LogP contribution in [-0.2, 0) is 0 Å². The largest absolute Gasteiger partial charge is 0.497 e. The number of methoxy groups -OCH3 is 1. The third-order valence-electron chi connectivity index (χ3n) is 3.13. The summed E-state index contributed by atoms with van der Waals surface area (Å²) < 4.78 is 19.8. The van der Waals surface area contributed by atoms with Gasteiger partial charge in [-0.25, -0.2) is 4.39 Å². The molecule has 1 N–H and O–H groups in total. The first-order valence-electron chi connectivity index (χ1n) is 6.65. The van der Waals surface area contributed by atoms with Crippen LogP contribution in [0.2, 0.25) is 0 Å². The Labute approximate surface area is 130 Å². The maximum absolute atomic E-state index is 13.5. The number of carbonyl (C=O) groups is 1. The van der Waals surface area contributed by atoms with E-state index in [9.17, 15) is 9.18 Å². The van der Waals surface area contributed by atoms with Crippen LogP contribution in [0.15, 0.2) is 48.8 Å². The van der Waals surface area contributed by atoms with Crippen molar-refractivity contribution >= 4 is 11.6 Å². The Balaban J connectivity index is 1.93. The molecule has 0 spiro atoms. The monoisotopic (exact) mass is 313 g/mol. The van der Waals surface area contributed by atoms with E-state index >= 15 is 0 Å². The molecule has 0 fully saturated rings. The van der Waals surface area contributed by atoms with Gasteiger partial charge in [-0.05, 0) is 34.7 Å². The van der Waals surface area contributed by atoms with Crippen LogP contribution in [0.1, 0.15) is 10.4 Å². The molecule has 23 heavy (non-hydrogen) atoms. The van der Waals surface area contributed by atoms with Gasteiger partial charge in [0.25, 0.3) is 5.91 Å². The Kier molecular flexibility index (Phi) is 3.96. The topological polar surface area (TPSA) is 81.9 Å². The summed E-state index contributed by atoms with van der Waals surface area (Å²) in [5.41, 5.74) is 1.04. The highest BCUT2D eigenvalue weighted by atomic mass is 19.1. The summed E-state index contributed by atoms with van der Waals surface area (Å²) in [5, 5.41) is 13.4. The smallest absolute Gasteiger partial charge is 0.257 e. The third kappa shape index (κ3) is 3.15. The van der Waals surface area contributed by atoms with E-state index in [0.29, 0.717) is 11.4 Å². The molecule has 0 atom stereocenters. The first kappa shape index (κ1) is 14.6. The van der Waals surface area contributed by atoms with Crippen LogP contribution in [0.4, 0.5) is 10.1 Å². The lowest BCUT2D eigenvalue weighted by Crippen LogP contribution is -2.15. The number of rotatable bonds is 4. The highest BCUT2D eigenvalue weighted by Gasteiger charge is 2.15. The fourth-order valence-corrected chi connectivity index (χ4v) is 2.06. The quantitative estimate of drug-likeness (QED) is 0.797. The lowest BCUT2D eigenvalue weighted by atomic mass is 10.1. The summed E-state index contributed by atoms with van der Waals surface area (Å²) in [6.45, 7) is 0. The molecule has 1 amide bonds. The van der Waals surface area contributed by atoms with Gasteiger partial charge in [-0.3, -0.25) is 4.79 Å². The Hall–Kier alpha value is -3.29. The molecule has 0 bridgehead atoms. The number of carbonyl (C=O) groups excluding carboxylic acids is 1. The van der Waals surface area contributed by atoms with Crippen molar-refractivity contribution in [3.8, 4) is 11.4 Å². The zero-order valence-electron chi connectivity index (χ0n) is 12.1. The number of nitrogens with zero attached hydrogens (tertiary/aromatic N) is 4. The van der Waals surface area contributed by atoms with Gasteiger partial charge in [-0.15, -0.1) is 5.10 Å². The Morgan fingerprint density at radius 3 is 2.87 bits per heavy atom. The van der Waals surface area contributed by atoms with E-state index in [1.807, 2.05) is 0 Å².